The van der Waals surface area contributed by atoms with Gasteiger partial charge in [-0.15, -0.1) is 0 Å². The molecule has 3 rings (SSSR count). The van der Waals surface area contributed by atoms with Gasteiger partial charge in [0, 0.05) is 24.3 Å². The SMILES string of the molecule is CCOC(=O)C1CCN(CC(=O)Nc2ccc(N3CCCC3=O)cc2)CC1. The van der Waals surface area contributed by atoms with Crippen molar-refractivity contribution in [3.8, 4) is 0 Å². The van der Waals surface area contributed by atoms with Crippen molar-refractivity contribution in [1.29, 1.82) is 0 Å². The third-order valence-electron chi connectivity index (χ3n) is 5.11. The fourth-order valence-corrected chi connectivity index (χ4v) is 3.64. The number of benzene rings is 1. The van der Waals surface area contributed by atoms with Gasteiger partial charge < -0.3 is 15.0 Å². The summed E-state index contributed by atoms with van der Waals surface area (Å²) in [4.78, 5) is 39.7. The maximum Gasteiger partial charge on any atom is 0.309 e. The Hall–Kier alpha value is -2.41. The Morgan fingerprint density at radius 1 is 1.15 bits per heavy atom. The molecule has 7 heteroatoms. The summed E-state index contributed by atoms with van der Waals surface area (Å²) in [7, 11) is 0. The zero-order valence-electron chi connectivity index (χ0n) is 15.8. The van der Waals surface area contributed by atoms with E-state index in [0.717, 1.165) is 37.2 Å². The number of likely N-dealkylation sites (tertiary alicyclic amines) is 1. The molecule has 0 saturated carbocycles. The van der Waals surface area contributed by atoms with Crippen LogP contribution < -0.4 is 10.2 Å². The minimum absolute atomic E-state index is 0.0508. The van der Waals surface area contributed by atoms with Crippen LogP contribution in [0.15, 0.2) is 24.3 Å². The van der Waals surface area contributed by atoms with Gasteiger partial charge in [-0.05, 0) is 63.5 Å². The summed E-state index contributed by atoms with van der Waals surface area (Å²) in [5.74, 6) is -0.101. The maximum absolute atomic E-state index is 12.3. The Labute approximate surface area is 159 Å². The molecule has 2 aliphatic rings. The molecule has 1 aromatic rings. The number of hydrogen-bond donors (Lipinski definition) is 1. The average Bonchev–Trinajstić information content (AvgIpc) is 3.09. The van der Waals surface area contributed by atoms with Gasteiger partial charge in [-0.1, -0.05) is 0 Å². The number of amides is 2. The van der Waals surface area contributed by atoms with Crippen LogP contribution >= 0.6 is 0 Å². The predicted octanol–water partition coefficient (Wildman–Crippen LogP) is 2.03. The third-order valence-corrected chi connectivity index (χ3v) is 5.11. The molecule has 1 aromatic carbocycles. The first-order valence-electron chi connectivity index (χ1n) is 9.66. The lowest BCUT2D eigenvalue weighted by molar-refractivity contribution is -0.149. The molecule has 0 spiro atoms. The minimum atomic E-state index is -0.127. The summed E-state index contributed by atoms with van der Waals surface area (Å²) in [6.45, 7) is 4.72. The molecular weight excluding hydrogens is 346 g/mol. The first kappa shape index (κ1) is 19.4. The lowest BCUT2D eigenvalue weighted by atomic mass is 9.97. The number of ether oxygens (including phenoxy) is 1. The molecule has 27 heavy (non-hydrogen) atoms. The molecule has 0 radical (unpaired) electrons. The van der Waals surface area contributed by atoms with Gasteiger partial charge in [-0.2, -0.15) is 0 Å². The first-order valence-corrected chi connectivity index (χ1v) is 9.66. The molecule has 146 valence electrons. The van der Waals surface area contributed by atoms with Crippen molar-refractivity contribution in [3.05, 3.63) is 24.3 Å². The lowest BCUT2D eigenvalue weighted by Gasteiger charge is -2.30. The number of esters is 1. The van der Waals surface area contributed by atoms with Crippen molar-refractivity contribution < 1.29 is 19.1 Å². The zero-order valence-corrected chi connectivity index (χ0v) is 15.8. The topological polar surface area (TPSA) is 79.0 Å². The summed E-state index contributed by atoms with van der Waals surface area (Å²) >= 11 is 0. The first-order chi connectivity index (χ1) is 13.1. The molecule has 2 fully saturated rings. The van der Waals surface area contributed by atoms with E-state index in [1.54, 1.807) is 4.90 Å². The van der Waals surface area contributed by atoms with E-state index in [4.69, 9.17) is 4.74 Å². The van der Waals surface area contributed by atoms with E-state index in [1.807, 2.05) is 31.2 Å². The van der Waals surface area contributed by atoms with Gasteiger partial charge >= 0.3 is 5.97 Å². The van der Waals surface area contributed by atoms with Gasteiger partial charge in [0.25, 0.3) is 0 Å². The molecule has 2 heterocycles. The molecule has 7 nitrogen and oxygen atoms in total. The number of piperidine rings is 1. The maximum atomic E-state index is 12.3. The number of nitrogens with one attached hydrogen (secondary N) is 1. The second-order valence-electron chi connectivity index (χ2n) is 7.05. The Kier molecular flexibility index (Phi) is 6.45. The minimum Gasteiger partial charge on any atom is -0.466 e. The van der Waals surface area contributed by atoms with Crippen molar-refractivity contribution in [2.45, 2.75) is 32.6 Å². The van der Waals surface area contributed by atoms with Gasteiger partial charge in [0.15, 0.2) is 0 Å². The number of nitrogens with zero attached hydrogens (tertiary/aromatic N) is 2. The fraction of sp³-hybridized carbons (Fsp3) is 0.550. The predicted molar refractivity (Wildman–Crippen MR) is 102 cm³/mol. The molecule has 2 aliphatic heterocycles. The molecule has 0 aliphatic carbocycles. The highest BCUT2D eigenvalue weighted by atomic mass is 16.5. The highest BCUT2D eigenvalue weighted by Gasteiger charge is 2.27. The summed E-state index contributed by atoms with van der Waals surface area (Å²) in [6, 6.07) is 7.38. The van der Waals surface area contributed by atoms with Crippen LogP contribution in [-0.4, -0.2) is 55.5 Å². The second kappa shape index (κ2) is 8.99. The van der Waals surface area contributed by atoms with Crippen molar-refractivity contribution >= 4 is 29.2 Å². The van der Waals surface area contributed by atoms with E-state index in [1.165, 1.54) is 0 Å². The average molecular weight is 373 g/mol. The van der Waals surface area contributed by atoms with Crippen LogP contribution in [0, 0.1) is 5.92 Å². The van der Waals surface area contributed by atoms with E-state index in [0.29, 0.717) is 32.7 Å². The molecule has 1 N–H and O–H groups in total. The van der Waals surface area contributed by atoms with Crippen molar-refractivity contribution in [2.75, 3.05) is 43.0 Å². The van der Waals surface area contributed by atoms with Gasteiger partial charge in [0.05, 0.1) is 19.1 Å². The Morgan fingerprint density at radius 3 is 2.44 bits per heavy atom. The van der Waals surface area contributed by atoms with Gasteiger partial charge in [0.2, 0.25) is 11.8 Å². The highest BCUT2D eigenvalue weighted by Crippen LogP contribution is 2.23. The van der Waals surface area contributed by atoms with Crippen LogP contribution in [0.4, 0.5) is 11.4 Å². The molecule has 0 bridgehead atoms. The van der Waals surface area contributed by atoms with Crippen molar-refractivity contribution in [3.63, 3.8) is 0 Å². The fourth-order valence-electron chi connectivity index (χ4n) is 3.64. The molecule has 0 aromatic heterocycles. The molecule has 0 unspecified atom stereocenters. The monoisotopic (exact) mass is 373 g/mol. The van der Waals surface area contributed by atoms with E-state index in [-0.39, 0.29) is 23.7 Å². The summed E-state index contributed by atoms with van der Waals surface area (Å²) in [5.41, 5.74) is 1.59. The number of carbonyl (C=O) groups excluding carboxylic acids is 3. The van der Waals surface area contributed by atoms with Gasteiger partial charge in [-0.25, -0.2) is 0 Å². The number of hydrogen-bond acceptors (Lipinski definition) is 5. The van der Waals surface area contributed by atoms with Crippen LogP contribution in [-0.2, 0) is 19.1 Å². The van der Waals surface area contributed by atoms with Gasteiger partial charge in [0.1, 0.15) is 0 Å². The highest BCUT2D eigenvalue weighted by molar-refractivity contribution is 5.96. The second-order valence-corrected chi connectivity index (χ2v) is 7.05. The smallest absolute Gasteiger partial charge is 0.309 e. The largest absolute Gasteiger partial charge is 0.466 e. The summed E-state index contributed by atoms with van der Waals surface area (Å²) < 4.78 is 5.07. The Bertz CT molecular complexity index is 681. The standard InChI is InChI=1S/C20H27N3O4/c1-2-27-20(26)15-9-12-22(13-10-15)14-18(24)21-16-5-7-17(8-6-16)23-11-3-4-19(23)25/h5-8,15H,2-4,9-14H2,1H3,(H,21,24). The van der Waals surface area contributed by atoms with Crippen LogP contribution in [0.25, 0.3) is 0 Å². The van der Waals surface area contributed by atoms with Crippen LogP contribution in [0.1, 0.15) is 32.6 Å². The van der Waals surface area contributed by atoms with Crippen molar-refractivity contribution in [1.82, 2.24) is 4.90 Å². The normalized spacial score (nSPS) is 18.6. The summed E-state index contributed by atoms with van der Waals surface area (Å²) in [5, 5.41) is 2.90. The van der Waals surface area contributed by atoms with Crippen LogP contribution in [0.5, 0.6) is 0 Å². The van der Waals surface area contributed by atoms with Crippen LogP contribution in [0.2, 0.25) is 0 Å². The molecule has 2 saturated heterocycles. The summed E-state index contributed by atoms with van der Waals surface area (Å²) in [6.07, 6.45) is 2.95. The molecule has 0 atom stereocenters. The van der Waals surface area contributed by atoms with E-state index in [2.05, 4.69) is 10.2 Å². The van der Waals surface area contributed by atoms with Gasteiger partial charge in [-0.3, -0.25) is 19.3 Å². The Balaban J connectivity index is 1.44. The lowest BCUT2D eigenvalue weighted by Crippen LogP contribution is -2.41. The third kappa shape index (κ3) is 5.07. The molecular formula is C20H27N3O4. The van der Waals surface area contributed by atoms with Crippen molar-refractivity contribution in [2.24, 2.45) is 5.92 Å². The quantitative estimate of drug-likeness (QED) is 0.772. The number of carbonyl (C=O) groups is 3. The zero-order chi connectivity index (χ0) is 19.2. The van der Waals surface area contributed by atoms with E-state index < -0.39 is 0 Å². The number of anilines is 2. The molecule has 2 amide bonds. The van der Waals surface area contributed by atoms with Crippen LogP contribution in [0.3, 0.4) is 0 Å². The van der Waals surface area contributed by atoms with E-state index in [9.17, 15) is 14.4 Å². The number of rotatable bonds is 6. The Morgan fingerprint density at radius 2 is 1.85 bits per heavy atom. The van der Waals surface area contributed by atoms with E-state index >= 15 is 0 Å².